The summed E-state index contributed by atoms with van der Waals surface area (Å²) in [4.78, 5) is 4.25. The number of hydrogen-bond acceptors (Lipinski definition) is 2. The lowest BCUT2D eigenvalue weighted by Crippen LogP contribution is -2.29. The van der Waals surface area contributed by atoms with Crippen molar-refractivity contribution in [2.24, 2.45) is 0 Å². The highest BCUT2D eigenvalue weighted by molar-refractivity contribution is 9.10. The van der Waals surface area contributed by atoms with Gasteiger partial charge >= 0.3 is 0 Å². The molecule has 1 unspecified atom stereocenters. The van der Waals surface area contributed by atoms with Crippen LogP contribution in [0.4, 0.5) is 0 Å². The van der Waals surface area contributed by atoms with E-state index in [1.807, 2.05) is 24.4 Å². The average Bonchev–Trinajstić information content (AvgIpc) is 2.44. The largest absolute Gasteiger partial charge is 0.314 e. The molecule has 0 aliphatic heterocycles. The lowest BCUT2D eigenvalue weighted by molar-refractivity contribution is 0.526. The van der Waals surface area contributed by atoms with Crippen molar-refractivity contribution in [3.05, 3.63) is 63.3 Å². The van der Waals surface area contributed by atoms with Crippen molar-refractivity contribution in [1.29, 1.82) is 0 Å². The highest BCUT2D eigenvalue weighted by Gasteiger charge is 2.16. The fraction of sp³-hybridized carbons (Fsp3) is 0.353. The van der Waals surface area contributed by atoms with E-state index in [1.165, 1.54) is 11.1 Å². The van der Waals surface area contributed by atoms with Crippen LogP contribution in [0.25, 0.3) is 0 Å². The number of nitrogens with zero attached hydrogens (tertiary/aromatic N) is 1. The van der Waals surface area contributed by atoms with Crippen molar-refractivity contribution < 1.29 is 0 Å². The summed E-state index contributed by atoms with van der Waals surface area (Å²) in [5.41, 5.74) is 2.40. The molecule has 0 saturated carbocycles. The van der Waals surface area contributed by atoms with Gasteiger partial charge in [0.05, 0.1) is 0 Å². The van der Waals surface area contributed by atoms with Gasteiger partial charge in [-0.2, -0.15) is 0 Å². The zero-order valence-electron chi connectivity index (χ0n) is 12.3. The fourth-order valence-corrected chi connectivity index (χ4v) is 3.03. The Morgan fingerprint density at radius 1 is 1.24 bits per heavy atom. The van der Waals surface area contributed by atoms with Gasteiger partial charge in [-0.3, -0.25) is 4.98 Å². The molecule has 0 bridgehead atoms. The molecule has 0 saturated heterocycles. The highest BCUT2D eigenvalue weighted by atomic mass is 79.9. The Balaban J connectivity index is 2.22. The SMILES string of the molecule is CC(C)NCC(Cc1cncc(Br)c1)c1ccccc1Cl. The Hall–Kier alpha value is -0.900. The quantitative estimate of drug-likeness (QED) is 0.791. The maximum absolute atomic E-state index is 6.38. The molecule has 1 atom stereocenters. The molecular formula is C17H20BrClN2. The summed E-state index contributed by atoms with van der Waals surface area (Å²) >= 11 is 9.86. The molecule has 0 aliphatic carbocycles. The molecule has 2 nitrogen and oxygen atoms in total. The van der Waals surface area contributed by atoms with Gasteiger partial charge in [0.15, 0.2) is 0 Å². The van der Waals surface area contributed by atoms with E-state index in [-0.39, 0.29) is 0 Å². The van der Waals surface area contributed by atoms with E-state index in [0.717, 1.165) is 22.5 Å². The molecule has 2 rings (SSSR count). The van der Waals surface area contributed by atoms with E-state index >= 15 is 0 Å². The minimum Gasteiger partial charge on any atom is -0.314 e. The Morgan fingerprint density at radius 2 is 2.00 bits per heavy atom. The second-order valence-electron chi connectivity index (χ2n) is 5.50. The second kappa shape index (κ2) is 7.92. The van der Waals surface area contributed by atoms with Gasteiger partial charge < -0.3 is 5.32 Å². The molecule has 1 aromatic carbocycles. The third kappa shape index (κ3) is 5.10. The molecule has 21 heavy (non-hydrogen) atoms. The Bertz CT molecular complexity index is 587. The van der Waals surface area contributed by atoms with Crippen LogP contribution in [-0.4, -0.2) is 17.6 Å². The summed E-state index contributed by atoms with van der Waals surface area (Å²) in [5, 5.41) is 4.35. The summed E-state index contributed by atoms with van der Waals surface area (Å²) in [5.74, 6) is 0.331. The van der Waals surface area contributed by atoms with Crippen molar-refractivity contribution in [2.45, 2.75) is 32.2 Å². The fourth-order valence-electron chi connectivity index (χ4n) is 2.33. The second-order valence-corrected chi connectivity index (χ2v) is 6.82. The first-order valence-corrected chi connectivity index (χ1v) is 8.30. The number of hydrogen-bond donors (Lipinski definition) is 1. The smallest absolute Gasteiger partial charge is 0.0441 e. The zero-order valence-corrected chi connectivity index (χ0v) is 14.7. The minimum absolute atomic E-state index is 0.331. The summed E-state index contributed by atoms with van der Waals surface area (Å²) in [6, 6.07) is 10.7. The first kappa shape index (κ1) is 16.5. The predicted molar refractivity (Wildman–Crippen MR) is 93.0 cm³/mol. The van der Waals surface area contributed by atoms with Crippen LogP contribution in [0.2, 0.25) is 5.02 Å². The molecule has 0 amide bonds. The van der Waals surface area contributed by atoms with Crippen molar-refractivity contribution >= 4 is 27.5 Å². The van der Waals surface area contributed by atoms with Crippen molar-refractivity contribution in [1.82, 2.24) is 10.3 Å². The van der Waals surface area contributed by atoms with Gasteiger partial charge in [-0.05, 0) is 45.6 Å². The standard InChI is InChI=1S/C17H20BrClN2/c1-12(2)21-10-14(16-5-3-4-6-17(16)19)7-13-8-15(18)11-20-9-13/h3-6,8-9,11-12,14,21H,7,10H2,1-2H3. The molecule has 4 heteroatoms. The van der Waals surface area contributed by atoms with Gasteiger partial charge in [-0.15, -0.1) is 0 Å². The van der Waals surface area contributed by atoms with Crippen LogP contribution in [0.3, 0.4) is 0 Å². The highest BCUT2D eigenvalue weighted by Crippen LogP contribution is 2.27. The van der Waals surface area contributed by atoms with Crippen LogP contribution in [0.15, 0.2) is 47.2 Å². The Labute approximate surface area is 140 Å². The normalized spacial score (nSPS) is 12.6. The molecule has 0 aliphatic rings. The Kier molecular flexibility index (Phi) is 6.22. The Morgan fingerprint density at radius 3 is 2.67 bits per heavy atom. The van der Waals surface area contributed by atoms with Gasteiger partial charge in [0.1, 0.15) is 0 Å². The number of nitrogens with one attached hydrogen (secondary N) is 1. The summed E-state index contributed by atoms with van der Waals surface area (Å²) < 4.78 is 1.01. The maximum atomic E-state index is 6.38. The van der Waals surface area contributed by atoms with Gasteiger partial charge in [-0.25, -0.2) is 0 Å². The molecule has 0 fully saturated rings. The monoisotopic (exact) mass is 366 g/mol. The number of halogens is 2. The zero-order chi connectivity index (χ0) is 15.2. The van der Waals surface area contributed by atoms with Crippen LogP contribution in [0.1, 0.15) is 30.9 Å². The number of rotatable bonds is 6. The molecule has 1 N–H and O–H groups in total. The van der Waals surface area contributed by atoms with E-state index in [0.29, 0.717) is 12.0 Å². The molecular weight excluding hydrogens is 348 g/mol. The van der Waals surface area contributed by atoms with E-state index in [1.54, 1.807) is 6.20 Å². The number of benzene rings is 1. The van der Waals surface area contributed by atoms with Crippen molar-refractivity contribution in [3.8, 4) is 0 Å². The maximum Gasteiger partial charge on any atom is 0.0441 e. The van der Waals surface area contributed by atoms with Crippen molar-refractivity contribution in [2.75, 3.05) is 6.54 Å². The molecule has 112 valence electrons. The van der Waals surface area contributed by atoms with Crippen LogP contribution in [0, 0.1) is 0 Å². The van der Waals surface area contributed by atoms with Gasteiger partial charge in [-0.1, -0.05) is 43.6 Å². The lowest BCUT2D eigenvalue weighted by Gasteiger charge is -2.21. The lowest BCUT2D eigenvalue weighted by atomic mass is 9.92. The predicted octanol–water partition coefficient (Wildman–Crippen LogP) is 4.82. The first-order chi connectivity index (χ1) is 10.1. The molecule has 1 heterocycles. The topological polar surface area (TPSA) is 24.9 Å². The summed E-state index contributed by atoms with van der Waals surface area (Å²) in [6.45, 7) is 5.21. The number of aromatic nitrogens is 1. The minimum atomic E-state index is 0.331. The van der Waals surface area contributed by atoms with Gasteiger partial charge in [0.25, 0.3) is 0 Å². The number of pyridine rings is 1. The first-order valence-electron chi connectivity index (χ1n) is 7.13. The van der Waals surface area contributed by atoms with E-state index in [4.69, 9.17) is 11.6 Å². The van der Waals surface area contributed by atoms with E-state index < -0.39 is 0 Å². The van der Waals surface area contributed by atoms with Gasteiger partial charge in [0, 0.05) is 40.4 Å². The van der Waals surface area contributed by atoms with Crippen LogP contribution in [0.5, 0.6) is 0 Å². The van der Waals surface area contributed by atoms with E-state index in [2.05, 4.69) is 52.2 Å². The van der Waals surface area contributed by atoms with Crippen LogP contribution >= 0.6 is 27.5 Å². The molecule has 2 aromatic rings. The summed E-state index contributed by atoms with van der Waals surface area (Å²) in [7, 11) is 0. The average molecular weight is 368 g/mol. The van der Waals surface area contributed by atoms with E-state index in [9.17, 15) is 0 Å². The molecule has 1 aromatic heterocycles. The van der Waals surface area contributed by atoms with Crippen LogP contribution in [-0.2, 0) is 6.42 Å². The third-order valence-corrected chi connectivity index (χ3v) is 4.14. The third-order valence-electron chi connectivity index (χ3n) is 3.36. The summed E-state index contributed by atoms with van der Waals surface area (Å²) in [6.07, 6.45) is 4.64. The van der Waals surface area contributed by atoms with Crippen LogP contribution < -0.4 is 5.32 Å². The van der Waals surface area contributed by atoms with Crippen molar-refractivity contribution in [3.63, 3.8) is 0 Å². The molecule has 0 radical (unpaired) electrons. The molecule has 0 spiro atoms. The van der Waals surface area contributed by atoms with Gasteiger partial charge in [0.2, 0.25) is 0 Å².